The predicted molar refractivity (Wildman–Crippen MR) is 94.4 cm³/mol. The Morgan fingerprint density at radius 1 is 1.12 bits per heavy atom. The van der Waals surface area contributed by atoms with Crippen LogP contribution in [0.25, 0.3) is 11.5 Å². The summed E-state index contributed by atoms with van der Waals surface area (Å²) in [6, 6.07) is 7.66. The summed E-state index contributed by atoms with van der Waals surface area (Å²) in [6.45, 7) is 1.27. The summed E-state index contributed by atoms with van der Waals surface area (Å²) in [6.07, 6.45) is 1.14. The molecule has 3 aromatic rings. The maximum atomic E-state index is 13.1. The van der Waals surface area contributed by atoms with E-state index in [1.807, 2.05) is 4.57 Å². The van der Waals surface area contributed by atoms with Crippen molar-refractivity contribution < 1.29 is 9.18 Å². The molecule has 0 aliphatic carbocycles. The summed E-state index contributed by atoms with van der Waals surface area (Å²) < 4.78 is 14.9. The fourth-order valence-corrected chi connectivity index (χ4v) is 3.35. The SMILES string of the molecule is O=C(c1ccc(Cl)cc1Cl)N1CCn2c(nnc2-c2ccc(F)cn2)C1. The molecule has 0 saturated carbocycles. The second kappa shape index (κ2) is 6.66. The van der Waals surface area contributed by atoms with E-state index in [0.717, 1.165) is 6.20 Å². The molecule has 1 aliphatic heterocycles. The van der Waals surface area contributed by atoms with Crippen LogP contribution < -0.4 is 0 Å². The highest BCUT2D eigenvalue weighted by Crippen LogP contribution is 2.25. The van der Waals surface area contributed by atoms with Crippen molar-refractivity contribution in [1.82, 2.24) is 24.6 Å². The van der Waals surface area contributed by atoms with Crippen LogP contribution in [0.4, 0.5) is 4.39 Å². The first-order chi connectivity index (χ1) is 12.5. The van der Waals surface area contributed by atoms with Gasteiger partial charge in [-0.2, -0.15) is 0 Å². The maximum absolute atomic E-state index is 13.1. The van der Waals surface area contributed by atoms with E-state index >= 15 is 0 Å². The quantitative estimate of drug-likeness (QED) is 0.670. The minimum atomic E-state index is -0.413. The van der Waals surface area contributed by atoms with Gasteiger partial charge in [-0.25, -0.2) is 9.37 Å². The fourth-order valence-electron chi connectivity index (χ4n) is 2.86. The molecule has 0 radical (unpaired) electrons. The van der Waals surface area contributed by atoms with E-state index in [1.165, 1.54) is 6.07 Å². The van der Waals surface area contributed by atoms with Crippen molar-refractivity contribution in [3.8, 4) is 11.5 Å². The van der Waals surface area contributed by atoms with Crippen molar-refractivity contribution in [3.05, 3.63) is 63.8 Å². The van der Waals surface area contributed by atoms with Gasteiger partial charge in [-0.1, -0.05) is 23.2 Å². The van der Waals surface area contributed by atoms with Crippen LogP contribution in [0.2, 0.25) is 10.0 Å². The van der Waals surface area contributed by atoms with Crippen LogP contribution in [-0.4, -0.2) is 37.1 Å². The van der Waals surface area contributed by atoms with E-state index in [0.29, 0.717) is 52.6 Å². The first kappa shape index (κ1) is 16.9. The minimum Gasteiger partial charge on any atom is -0.329 e. The molecule has 0 bridgehead atoms. The molecule has 6 nitrogen and oxygen atoms in total. The van der Waals surface area contributed by atoms with Crippen LogP contribution in [0.3, 0.4) is 0 Å². The van der Waals surface area contributed by atoms with Crippen molar-refractivity contribution in [1.29, 1.82) is 0 Å². The zero-order valence-corrected chi connectivity index (χ0v) is 14.9. The zero-order valence-electron chi connectivity index (χ0n) is 13.4. The van der Waals surface area contributed by atoms with Gasteiger partial charge in [-0.15, -0.1) is 10.2 Å². The number of hydrogen-bond donors (Lipinski definition) is 0. The van der Waals surface area contributed by atoms with Crippen LogP contribution in [0.15, 0.2) is 36.5 Å². The molecule has 0 spiro atoms. The third-order valence-corrected chi connectivity index (χ3v) is 4.71. The first-order valence-corrected chi connectivity index (χ1v) is 8.57. The number of pyridine rings is 1. The van der Waals surface area contributed by atoms with Crippen molar-refractivity contribution in [3.63, 3.8) is 0 Å². The summed E-state index contributed by atoms with van der Waals surface area (Å²) in [5.41, 5.74) is 0.926. The summed E-state index contributed by atoms with van der Waals surface area (Å²) in [7, 11) is 0. The molecule has 26 heavy (non-hydrogen) atoms. The van der Waals surface area contributed by atoms with Gasteiger partial charge in [0.2, 0.25) is 0 Å². The van der Waals surface area contributed by atoms with Gasteiger partial charge in [-0.05, 0) is 30.3 Å². The molecule has 1 aromatic carbocycles. The predicted octanol–water partition coefficient (Wildman–Crippen LogP) is 3.44. The van der Waals surface area contributed by atoms with Crippen LogP contribution >= 0.6 is 23.2 Å². The molecule has 0 unspecified atom stereocenters. The van der Waals surface area contributed by atoms with Gasteiger partial charge < -0.3 is 9.47 Å². The zero-order chi connectivity index (χ0) is 18.3. The molecule has 1 aliphatic rings. The third-order valence-electron chi connectivity index (χ3n) is 4.16. The number of rotatable bonds is 2. The largest absolute Gasteiger partial charge is 0.329 e. The van der Waals surface area contributed by atoms with Crippen molar-refractivity contribution in [2.75, 3.05) is 6.54 Å². The number of nitrogens with zero attached hydrogens (tertiary/aromatic N) is 5. The van der Waals surface area contributed by atoms with E-state index in [1.54, 1.807) is 29.2 Å². The average molecular weight is 392 g/mol. The summed E-state index contributed by atoms with van der Waals surface area (Å²) in [4.78, 5) is 18.4. The number of hydrogen-bond acceptors (Lipinski definition) is 4. The Kier molecular flexibility index (Phi) is 4.34. The highest BCUT2D eigenvalue weighted by Gasteiger charge is 2.27. The highest BCUT2D eigenvalue weighted by molar-refractivity contribution is 6.36. The molecular formula is C17H12Cl2FN5O. The lowest BCUT2D eigenvalue weighted by Crippen LogP contribution is -2.38. The summed E-state index contributed by atoms with van der Waals surface area (Å²) >= 11 is 12.0. The molecule has 4 rings (SSSR count). The lowest BCUT2D eigenvalue weighted by molar-refractivity contribution is 0.0708. The van der Waals surface area contributed by atoms with Crippen LogP contribution in [0.5, 0.6) is 0 Å². The smallest absolute Gasteiger partial charge is 0.255 e. The molecule has 3 heterocycles. The van der Waals surface area contributed by atoms with E-state index in [-0.39, 0.29) is 5.91 Å². The highest BCUT2D eigenvalue weighted by atomic mass is 35.5. The molecule has 2 aromatic heterocycles. The Labute approximate surface area is 158 Å². The van der Waals surface area contributed by atoms with Gasteiger partial charge >= 0.3 is 0 Å². The van der Waals surface area contributed by atoms with Crippen LogP contribution in [0.1, 0.15) is 16.2 Å². The topological polar surface area (TPSA) is 63.9 Å². The Hall–Kier alpha value is -2.51. The van der Waals surface area contributed by atoms with E-state index in [9.17, 15) is 9.18 Å². The second-order valence-electron chi connectivity index (χ2n) is 5.80. The molecule has 1 amide bonds. The van der Waals surface area contributed by atoms with Gasteiger partial charge in [0.15, 0.2) is 11.6 Å². The minimum absolute atomic E-state index is 0.192. The maximum Gasteiger partial charge on any atom is 0.255 e. The second-order valence-corrected chi connectivity index (χ2v) is 6.65. The summed E-state index contributed by atoms with van der Waals surface area (Å²) in [5, 5.41) is 9.07. The van der Waals surface area contributed by atoms with Crippen molar-refractivity contribution in [2.45, 2.75) is 13.1 Å². The number of carbonyl (C=O) groups is 1. The summed E-state index contributed by atoms with van der Waals surface area (Å²) in [5.74, 6) is 0.582. The molecule has 132 valence electrons. The number of halogens is 3. The standard InChI is InChI=1S/C17H12Cl2FN5O/c18-10-1-3-12(13(19)7-10)17(26)24-5-6-25-15(9-24)22-23-16(25)14-4-2-11(20)8-21-14/h1-4,7-8H,5-6,9H2. The Balaban J connectivity index is 1.59. The normalized spacial score (nSPS) is 13.6. The Bertz CT molecular complexity index is 989. The van der Waals surface area contributed by atoms with Crippen LogP contribution in [0, 0.1) is 5.82 Å². The molecule has 0 atom stereocenters. The van der Waals surface area contributed by atoms with Gasteiger partial charge in [-0.3, -0.25) is 4.79 Å². The lowest BCUT2D eigenvalue weighted by Gasteiger charge is -2.28. The van der Waals surface area contributed by atoms with Crippen LogP contribution in [-0.2, 0) is 13.1 Å². The number of amides is 1. The first-order valence-electron chi connectivity index (χ1n) is 7.81. The fraction of sp³-hybridized carbons (Fsp3) is 0.176. The molecule has 9 heteroatoms. The Morgan fingerprint density at radius 2 is 1.96 bits per heavy atom. The monoisotopic (exact) mass is 391 g/mol. The number of fused-ring (bicyclic) bond motifs is 1. The van der Waals surface area contributed by atoms with Gasteiger partial charge in [0.1, 0.15) is 11.5 Å². The average Bonchev–Trinajstić information content (AvgIpc) is 3.05. The third kappa shape index (κ3) is 3.04. The number of aromatic nitrogens is 4. The molecular weight excluding hydrogens is 380 g/mol. The molecule has 0 N–H and O–H groups in total. The van der Waals surface area contributed by atoms with E-state index in [2.05, 4.69) is 15.2 Å². The Morgan fingerprint density at radius 3 is 2.69 bits per heavy atom. The molecule has 0 saturated heterocycles. The van der Waals surface area contributed by atoms with Crippen molar-refractivity contribution in [2.24, 2.45) is 0 Å². The van der Waals surface area contributed by atoms with E-state index in [4.69, 9.17) is 23.2 Å². The number of benzene rings is 1. The van der Waals surface area contributed by atoms with E-state index < -0.39 is 5.82 Å². The lowest BCUT2D eigenvalue weighted by atomic mass is 10.2. The number of carbonyl (C=O) groups excluding carboxylic acids is 1. The van der Waals surface area contributed by atoms with Crippen molar-refractivity contribution >= 4 is 29.1 Å². The van der Waals surface area contributed by atoms with Gasteiger partial charge in [0.25, 0.3) is 5.91 Å². The van der Waals surface area contributed by atoms with Gasteiger partial charge in [0.05, 0.1) is 23.3 Å². The molecule has 0 fully saturated rings. The van der Waals surface area contributed by atoms with Gasteiger partial charge in [0, 0.05) is 18.1 Å².